The lowest BCUT2D eigenvalue weighted by molar-refractivity contribution is -0.128. The van der Waals surface area contributed by atoms with Crippen LogP contribution in [0.1, 0.15) is 52.4 Å². The Balaban J connectivity index is 1.40. The maximum atomic E-state index is 13.1. The fraction of sp³-hybridized carbons (Fsp3) is 0.667. The van der Waals surface area contributed by atoms with E-state index in [1.54, 1.807) is 6.07 Å². The smallest absolute Gasteiger partial charge is 0.240 e. The number of nitrogens with one attached hydrogen (secondary N) is 2. The number of fused-ring (bicyclic) bond motifs is 1. The minimum Gasteiger partial charge on any atom is -0.351 e. The molecule has 4 aliphatic rings. The van der Waals surface area contributed by atoms with Gasteiger partial charge in [0, 0.05) is 10.9 Å². The molecule has 5 atom stereocenters. The summed E-state index contributed by atoms with van der Waals surface area (Å²) in [6.07, 6.45) is 7.90. The molecule has 0 aromatic heterocycles. The number of halogens is 3. The summed E-state index contributed by atoms with van der Waals surface area (Å²) >= 11 is 19.7. The van der Waals surface area contributed by atoms with Gasteiger partial charge in [-0.15, -0.1) is 0 Å². The van der Waals surface area contributed by atoms with Gasteiger partial charge in [0.1, 0.15) is 5.54 Å². The van der Waals surface area contributed by atoms with Crippen LogP contribution >= 0.6 is 46.8 Å². The zero-order valence-corrected chi connectivity index (χ0v) is 19.3. The number of rotatable bonds is 5. The molecule has 0 aliphatic heterocycles. The van der Waals surface area contributed by atoms with E-state index in [0.717, 1.165) is 16.7 Å². The van der Waals surface area contributed by atoms with Crippen molar-refractivity contribution in [2.75, 3.05) is 0 Å². The first-order valence-electron chi connectivity index (χ1n) is 10.1. The lowest BCUT2D eigenvalue weighted by Gasteiger charge is -2.45. The topological polar surface area (TPSA) is 41.1 Å². The normalized spacial score (nSPS) is 31.7. The van der Waals surface area contributed by atoms with Gasteiger partial charge in [-0.2, -0.15) is 0 Å². The summed E-state index contributed by atoms with van der Waals surface area (Å²) in [6.45, 7) is 3.81. The van der Waals surface area contributed by atoms with E-state index in [2.05, 4.69) is 10.0 Å². The molecule has 4 aliphatic carbocycles. The largest absolute Gasteiger partial charge is 0.351 e. The number of carbonyl (C=O) groups excluding carboxylic acids is 1. The van der Waals surface area contributed by atoms with Crippen molar-refractivity contribution in [3.63, 3.8) is 0 Å². The predicted octanol–water partition coefficient (Wildman–Crippen LogP) is 6.35. The van der Waals surface area contributed by atoms with Gasteiger partial charge < -0.3 is 5.32 Å². The lowest BCUT2D eigenvalue weighted by Crippen LogP contribution is -2.57. The molecule has 1 amide bonds. The highest BCUT2D eigenvalue weighted by atomic mass is 35.5. The van der Waals surface area contributed by atoms with Crippen LogP contribution in [0.25, 0.3) is 0 Å². The third-order valence-corrected chi connectivity index (χ3v) is 9.40. The van der Waals surface area contributed by atoms with Crippen LogP contribution in [0, 0.1) is 23.7 Å². The summed E-state index contributed by atoms with van der Waals surface area (Å²) in [6, 6.07) is 3.85. The quantitative estimate of drug-likeness (QED) is 0.396. The molecule has 0 radical (unpaired) electrons. The van der Waals surface area contributed by atoms with Crippen LogP contribution < -0.4 is 10.0 Å². The van der Waals surface area contributed by atoms with Crippen molar-refractivity contribution in [3.8, 4) is 0 Å². The Morgan fingerprint density at radius 1 is 1.00 bits per heavy atom. The molecule has 4 bridgehead atoms. The van der Waals surface area contributed by atoms with Crippen LogP contribution in [0.2, 0.25) is 15.1 Å². The Bertz CT molecular complexity index is 764. The molecule has 0 saturated heterocycles. The predicted molar refractivity (Wildman–Crippen MR) is 118 cm³/mol. The third kappa shape index (κ3) is 4.18. The Labute approximate surface area is 186 Å². The average Bonchev–Trinajstić information content (AvgIpc) is 2.86. The highest BCUT2D eigenvalue weighted by molar-refractivity contribution is 7.97. The Kier molecular flexibility index (Phi) is 6.17. The van der Waals surface area contributed by atoms with Gasteiger partial charge in [-0.3, -0.25) is 4.79 Å². The summed E-state index contributed by atoms with van der Waals surface area (Å²) in [5, 5.41) is 4.58. The summed E-state index contributed by atoms with van der Waals surface area (Å²) in [4.78, 5) is 13.9. The van der Waals surface area contributed by atoms with E-state index in [9.17, 15) is 4.79 Å². The zero-order chi connectivity index (χ0) is 20.1. The Hall–Kier alpha value is -0.130. The van der Waals surface area contributed by atoms with E-state index in [1.165, 1.54) is 50.5 Å². The molecule has 5 rings (SSSR count). The van der Waals surface area contributed by atoms with Crippen molar-refractivity contribution in [3.05, 3.63) is 27.2 Å². The standard InChI is InChI=1S/C21H27Cl3N2OS/c1-21(2,26-28-16-6-5-15(22)17(23)18(16)24)20(27)25-19-13-4-3-11-7-12(9-13)10-14(19)8-11/h5-6,11-14,19,26H,3-4,7-10H2,1-2H3,(H,25,27). The van der Waals surface area contributed by atoms with Gasteiger partial charge in [0.05, 0.1) is 15.1 Å². The first kappa shape index (κ1) is 21.1. The SMILES string of the molecule is CC(C)(NSc1ccc(Cl)c(Cl)c1Cl)C(=O)NC1C2CCC3CC(C2)CC1C3. The van der Waals surface area contributed by atoms with Crippen LogP contribution in [0.15, 0.2) is 17.0 Å². The van der Waals surface area contributed by atoms with E-state index in [1.807, 2.05) is 19.9 Å². The monoisotopic (exact) mass is 460 g/mol. The molecule has 28 heavy (non-hydrogen) atoms. The van der Waals surface area contributed by atoms with Gasteiger partial charge in [-0.1, -0.05) is 41.2 Å². The van der Waals surface area contributed by atoms with Crippen molar-refractivity contribution in [2.45, 2.75) is 68.8 Å². The minimum absolute atomic E-state index is 0.0497. The van der Waals surface area contributed by atoms with Crippen LogP contribution in [0.5, 0.6) is 0 Å². The van der Waals surface area contributed by atoms with Gasteiger partial charge in [0.15, 0.2) is 0 Å². The Morgan fingerprint density at radius 2 is 1.71 bits per heavy atom. The van der Waals surface area contributed by atoms with E-state index in [0.29, 0.717) is 32.9 Å². The van der Waals surface area contributed by atoms with E-state index in [-0.39, 0.29) is 5.91 Å². The van der Waals surface area contributed by atoms with Gasteiger partial charge in [-0.25, -0.2) is 4.72 Å². The first-order valence-corrected chi connectivity index (χ1v) is 12.1. The van der Waals surface area contributed by atoms with Crippen LogP contribution in [-0.2, 0) is 4.79 Å². The molecule has 5 unspecified atom stereocenters. The summed E-state index contributed by atoms with van der Waals surface area (Å²) < 4.78 is 3.27. The maximum absolute atomic E-state index is 13.1. The molecule has 1 aromatic carbocycles. The zero-order valence-electron chi connectivity index (χ0n) is 16.2. The second-order valence-corrected chi connectivity index (χ2v) is 11.3. The summed E-state index contributed by atoms with van der Waals surface area (Å²) in [7, 11) is 0. The van der Waals surface area contributed by atoms with E-state index in [4.69, 9.17) is 34.8 Å². The van der Waals surface area contributed by atoms with Gasteiger partial charge in [-0.05, 0) is 93.7 Å². The summed E-state index contributed by atoms with van der Waals surface area (Å²) in [5.41, 5.74) is -0.733. The molecule has 154 valence electrons. The second-order valence-electron chi connectivity index (χ2n) is 9.27. The number of amides is 1. The van der Waals surface area contributed by atoms with Crippen molar-refractivity contribution in [1.29, 1.82) is 0 Å². The molecule has 4 saturated carbocycles. The average molecular weight is 462 g/mol. The molecule has 7 heteroatoms. The number of hydrogen-bond acceptors (Lipinski definition) is 3. The highest BCUT2D eigenvalue weighted by Gasteiger charge is 2.46. The van der Waals surface area contributed by atoms with Crippen molar-refractivity contribution >= 4 is 52.7 Å². The molecule has 0 spiro atoms. The van der Waals surface area contributed by atoms with Gasteiger partial charge in [0.25, 0.3) is 0 Å². The molecular weight excluding hydrogens is 435 g/mol. The third-order valence-electron chi connectivity index (χ3n) is 6.82. The molecule has 0 heterocycles. The summed E-state index contributed by atoms with van der Waals surface area (Å²) in [5.74, 6) is 3.13. The fourth-order valence-corrected chi connectivity index (χ4v) is 6.92. The minimum atomic E-state index is -0.733. The van der Waals surface area contributed by atoms with Gasteiger partial charge in [0.2, 0.25) is 5.91 Å². The second kappa shape index (κ2) is 8.19. The fourth-order valence-electron chi connectivity index (χ4n) is 5.43. The maximum Gasteiger partial charge on any atom is 0.240 e. The van der Waals surface area contributed by atoms with Crippen molar-refractivity contribution < 1.29 is 4.79 Å². The molecule has 4 fully saturated rings. The van der Waals surface area contributed by atoms with Crippen LogP contribution in [0.3, 0.4) is 0 Å². The van der Waals surface area contributed by atoms with Gasteiger partial charge >= 0.3 is 0 Å². The van der Waals surface area contributed by atoms with E-state index >= 15 is 0 Å². The number of carbonyl (C=O) groups is 1. The van der Waals surface area contributed by atoms with Crippen molar-refractivity contribution in [2.24, 2.45) is 23.7 Å². The first-order chi connectivity index (χ1) is 13.2. The Morgan fingerprint density at radius 3 is 2.50 bits per heavy atom. The number of benzene rings is 1. The molecule has 1 aromatic rings. The van der Waals surface area contributed by atoms with Crippen LogP contribution in [0.4, 0.5) is 0 Å². The van der Waals surface area contributed by atoms with E-state index < -0.39 is 5.54 Å². The molecular formula is C21H27Cl3N2OS. The molecule has 3 nitrogen and oxygen atoms in total. The lowest BCUT2D eigenvalue weighted by atomic mass is 9.65. The highest BCUT2D eigenvalue weighted by Crippen LogP contribution is 2.51. The molecule has 2 N–H and O–H groups in total. The number of hydrogen-bond donors (Lipinski definition) is 2. The van der Waals surface area contributed by atoms with Crippen molar-refractivity contribution in [1.82, 2.24) is 10.0 Å². The van der Waals surface area contributed by atoms with Crippen LogP contribution in [-0.4, -0.2) is 17.5 Å².